The minimum absolute atomic E-state index is 0.543. The van der Waals surface area contributed by atoms with Crippen molar-refractivity contribution < 1.29 is 0 Å². The molecule has 0 radical (unpaired) electrons. The molecule has 0 aromatic heterocycles. The SMILES string of the molecule is CC1CC2C(c3ccccc3)C=CC=CC2C1CC1C(C)CC2C(c3ccccc3)C=CC=CC12. The van der Waals surface area contributed by atoms with Crippen LogP contribution in [0.25, 0.3) is 0 Å². The topological polar surface area (TPSA) is 0 Å². The van der Waals surface area contributed by atoms with E-state index in [0.29, 0.717) is 23.7 Å². The van der Waals surface area contributed by atoms with E-state index in [0.717, 1.165) is 35.5 Å². The predicted molar refractivity (Wildman–Crippen MR) is 148 cm³/mol. The zero-order chi connectivity index (χ0) is 23.8. The van der Waals surface area contributed by atoms with Crippen LogP contribution in [-0.2, 0) is 0 Å². The summed E-state index contributed by atoms with van der Waals surface area (Å²) < 4.78 is 0. The monoisotopic (exact) mass is 460 g/mol. The maximum Gasteiger partial charge on any atom is 0.00551 e. The number of rotatable bonds is 4. The number of hydrogen-bond acceptors (Lipinski definition) is 0. The first-order valence-electron chi connectivity index (χ1n) is 14.0. The first kappa shape index (κ1) is 22.8. The van der Waals surface area contributed by atoms with Crippen LogP contribution in [-0.4, -0.2) is 0 Å². The lowest BCUT2D eigenvalue weighted by Gasteiger charge is -2.32. The summed E-state index contributed by atoms with van der Waals surface area (Å²) in [5, 5.41) is 0. The fraction of sp³-hybridized carbons (Fsp3) is 0.429. The molecule has 0 heteroatoms. The second-order valence-electron chi connectivity index (χ2n) is 11.9. The molecule has 10 unspecified atom stereocenters. The lowest BCUT2D eigenvalue weighted by molar-refractivity contribution is 0.215. The molecule has 6 rings (SSSR count). The Balaban J connectivity index is 1.25. The molecule has 180 valence electrons. The molecule has 0 amide bonds. The molecule has 0 bridgehead atoms. The summed E-state index contributed by atoms with van der Waals surface area (Å²) in [7, 11) is 0. The lowest BCUT2D eigenvalue weighted by Crippen LogP contribution is -2.25. The van der Waals surface area contributed by atoms with Gasteiger partial charge in [-0.05, 0) is 77.7 Å². The van der Waals surface area contributed by atoms with Gasteiger partial charge in [0.15, 0.2) is 0 Å². The first-order chi connectivity index (χ1) is 17.2. The third kappa shape index (κ3) is 4.31. The van der Waals surface area contributed by atoms with E-state index in [-0.39, 0.29) is 0 Å². The maximum atomic E-state index is 2.58. The number of hydrogen-bond donors (Lipinski definition) is 0. The third-order valence-corrected chi connectivity index (χ3v) is 10.1. The molecule has 2 aromatic carbocycles. The Morgan fingerprint density at radius 2 is 0.943 bits per heavy atom. The van der Waals surface area contributed by atoms with Crippen molar-refractivity contribution in [1.29, 1.82) is 0 Å². The van der Waals surface area contributed by atoms with Crippen molar-refractivity contribution in [2.24, 2.45) is 47.3 Å². The summed E-state index contributed by atoms with van der Waals surface area (Å²) in [5.74, 6) is 7.06. The summed E-state index contributed by atoms with van der Waals surface area (Å²) in [4.78, 5) is 0. The van der Waals surface area contributed by atoms with Crippen LogP contribution >= 0.6 is 0 Å². The highest BCUT2D eigenvalue weighted by atomic mass is 14.5. The second-order valence-corrected chi connectivity index (χ2v) is 11.9. The fourth-order valence-corrected chi connectivity index (χ4v) is 8.46. The third-order valence-electron chi connectivity index (χ3n) is 10.1. The Hall–Kier alpha value is -2.60. The summed E-state index contributed by atoms with van der Waals surface area (Å²) >= 11 is 0. The van der Waals surface area contributed by atoms with E-state index in [1.165, 1.54) is 30.4 Å². The molecular formula is C35H40. The van der Waals surface area contributed by atoms with Crippen LogP contribution in [0, 0.1) is 47.3 Å². The van der Waals surface area contributed by atoms with E-state index in [1.54, 1.807) is 0 Å². The second kappa shape index (κ2) is 9.81. The van der Waals surface area contributed by atoms with Crippen LogP contribution < -0.4 is 0 Å². The molecule has 4 aliphatic rings. The van der Waals surface area contributed by atoms with E-state index in [9.17, 15) is 0 Å². The van der Waals surface area contributed by atoms with Gasteiger partial charge in [-0.25, -0.2) is 0 Å². The fourth-order valence-electron chi connectivity index (χ4n) is 8.46. The summed E-state index contributed by atoms with van der Waals surface area (Å²) in [6.07, 6.45) is 23.5. The van der Waals surface area contributed by atoms with Crippen molar-refractivity contribution in [3.05, 3.63) is 120 Å². The zero-order valence-corrected chi connectivity index (χ0v) is 21.3. The van der Waals surface area contributed by atoms with Gasteiger partial charge >= 0.3 is 0 Å². The molecule has 0 spiro atoms. The molecule has 0 saturated heterocycles. The molecule has 4 aliphatic carbocycles. The van der Waals surface area contributed by atoms with Crippen LogP contribution in [0.2, 0.25) is 0 Å². The molecule has 0 aliphatic heterocycles. The molecule has 2 fully saturated rings. The van der Waals surface area contributed by atoms with Crippen molar-refractivity contribution in [2.75, 3.05) is 0 Å². The molecule has 0 N–H and O–H groups in total. The van der Waals surface area contributed by atoms with E-state index in [2.05, 4.69) is 123 Å². The van der Waals surface area contributed by atoms with E-state index < -0.39 is 0 Å². The van der Waals surface area contributed by atoms with E-state index >= 15 is 0 Å². The van der Waals surface area contributed by atoms with Crippen molar-refractivity contribution in [1.82, 2.24) is 0 Å². The Bertz CT molecular complexity index is 1010. The van der Waals surface area contributed by atoms with Gasteiger partial charge in [0.05, 0.1) is 0 Å². The van der Waals surface area contributed by atoms with Crippen LogP contribution in [0.1, 0.15) is 56.1 Å². The van der Waals surface area contributed by atoms with Gasteiger partial charge in [0.2, 0.25) is 0 Å². The molecule has 35 heavy (non-hydrogen) atoms. The van der Waals surface area contributed by atoms with Crippen molar-refractivity contribution >= 4 is 0 Å². The quantitative estimate of drug-likeness (QED) is 0.427. The van der Waals surface area contributed by atoms with E-state index in [4.69, 9.17) is 0 Å². The molecule has 0 nitrogen and oxygen atoms in total. The van der Waals surface area contributed by atoms with Gasteiger partial charge in [-0.1, -0.05) is 123 Å². The normalized spacial score (nSPS) is 39.7. The van der Waals surface area contributed by atoms with Gasteiger partial charge in [-0.15, -0.1) is 0 Å². The smallest absolute Gasteiger partial charge is 0.00551 e. The van der Waals surface area contributed by atoms with Gasteiger partial charge in [0.1, 0.15) is 0 Å². The summed E-state index contributed by atoms with van der Waals surface area (Å²) in [5.41, 5.74) is 2.99. The average Bonchev–Trinajstić information content (AvgIpc) is 3.15. The molecular weight excluding hydrogens is 420 g/mol. The molecule has 2 saturated carbocycles. The van der Waals surface area contributed by atoms with Crippen LogP contribution in [0.5, 0.6) is 0 Å². The first-order valence-corrected chi connectivity index (χ1v) is 14.0. The van der Waals surface area contributed by atoms with Crippen LogP contribution in [0.15, 0.2) is 109 Å². The van der Waals surface area contributed by atoms with Crippen LogP contribution in [0.4, 0.5) is 0 Å². The summed E-state index contributed by atoms with van der Waals surface area (Å²) in [6, 6.07) is 22.5. The van der Waals surface area contributed by atoms with Crippen molar-refractivity contribution in [3.8, 4) is 0 Å². The summed E-state index contributed by atoms with van der Waals surface area (Å²) in [6.45, 7) is 5.10. The predicted octanol–water partition coefficient (Wildman–Crippen LogP) is 8.97. The Morgan fingerprint density at radius 3 is 1.37 bits per heavy atom. The number of allylic oxidation sites excluding steroid dienone is 8. The Morgan fingerprint density at radius 1 is 0.543 bits per heavy atom. The Labute approximate surface area is 212 Å². The van der Waals surface area contributed by atoms with Crippen molar-refractivity contribution in [3.63, 3.8) is 0 Å². The number of fused-ring (bicyclic) bond motifs is 2. The van der Waals surface area contributed by atoms with Gasteiger partial charge in [0.25, 0.3) is 0 Å². The van der Waals surface area contributed by atoms with Gasteiger partial charge in [-0.3, -0.25) is 0 Å². The lowest BCUT2D eigenvalue weighted by atomic mass is 9.72. The van der Waals surface area contributed by atoms with E-state index in [1.807, 2.05) is 0 Å². The average molecular weight is 461 g/mol. The van der Waals surface area contributed by atoms with Crippen LogP contribution in [0.3, 0.4) is 0 Å². The van der Waals surface area contributed by atoms with Gasteiger partial charge < -0.3 is 0 Å². The van der Waals surface area contributed by atoms with Crippen molar-refractivity contribution in [2.45, 2.75) is 44.9 Å². The molecule has 2 aromatic rings. The highest BCUT2D eigenvalue weighted by molar-refractivity contribution is 5.32. The molecule has 10 atom stereocenters. The van der Waals surface area contributed by atoms with Gasteiger partial charge in [0, 0.05) is 11.8 Å². The Kier molecular flexibility index (Phi) is 6.40. The highest BCUT2D eigenvalue weighted by Crippen LogP contribution is 2.57. The standard InChI is InChI=1S/C35H40/c1-24-21-34-28(26-13-5-3-6-14-26)17-9-11-19-30(34)32(24)23-33-25(2)22-35-29(18-10-12-20-31(33)35)27-15-7-4-8-16-27/h3-20,24-25,28-35H,21-23H2,1-2H3. The maximum absolute atomic E-state index is 2.58. The number of benzene rings is 2. The minimum atomic E-state index is 0.543. The zero-order valence-electron chi connectivity index (χ0n) is 21.3. The highest BCUT2D eigenvalue weighted by Gasteiger charge is 2.48. The van der Waals surface area contributed by atoms with Gasteiger partial charge in [-0.2, -0.15) is 0 Å². The largest absolute Gasteiger partial charge is 0.0808 e. The molecule has 0 heterocycles. The minimum Gasteiger partial charge on any atom is -0.0808 e.